The van der Waals surface area contributed by atoms with Gasteiger partial charge in [-0.05, 0) is 60.9 Å². The number of fused-ring (bicyclic) bond motifs is 4. The van der Waals surface area contributed by atoms with Crippen LogP contribution >= 0.6 is 0 Å². The van der Waals surface area contributed by atoms with E-state index in [1.165, 1.54) is 33.4 Å². The first-order valence-corrected chi connectivity index (χ1v) is 25.4. The molecule has 1 aliphatic heterocycles. The number of hydrogen-bond acceptors (Lipinski definition) is 3. The normalized spacial score (nSPS) is 13.8. The Morgan fingerprint density at radius 1 is 0.788 bits per heavy atom. The van der Waals surface area contributed by atoms with Crippen LogP contribution in [0.4, 0.5) is 5.69 Å². The van der Waals surface area contributed by atoms with Gasteiger partial charge in [0.25, 0.3) is 0 Å². The third kappa shape index (κ3) is 7.53. The van der Waals surface area contributed by atoms with E-state index in [1.807, 2.05) is 36.4 Å². The maximum Gasteiger partial charge on any atom is 0.120 e. The molecule has 0 bridgehead atoms. The number of pyridine rings is 1. The predicted molar refractivity (Wildman–Crippen MR) is 218 cm³/mol. The van der Waals surface area contributed by atoms with Gasteiger partial charge in [0, 0.05) is 31.4 Å². The van der Waals surface area contributed by atoms with Crippen LogP contribution in [-0.4, -0.2) is 24.0 Å². The van der Waals surface area contributed by atoms with Crippen molar-refractivity contribution in [2.24, 2.45) is 10.9 Å². The Labute approximate surface area is 325 Å². The summed E-state index contributed by atoms with van der Waals surface area (Å²) in [6.45, 7) is 11.1. The summed E-state index contributed by atoms with van der Waals surface area (Å²) in [6.07, 6.45) is 3.27. The minimum atomic E-state index is -1.86. The molecule has 5 heteroatoms. The summed E-state index contributed by atoms with van der Waals surface area (Å²) in [6, 6.07) is 42.4. The Morgan fingerprint density at radius 3 is 2.21 bits per heavy atom. The minimum absolute atomic E-state index is 0. The number of nitrogens with zero attached hydrogens (tertiary/aromatic N) is 2. The van der Waals surface area contributed by atoms with Crippen LogP contribution < -0.4 is 4.40 Å². The van der Waals surface area contributed by atoms with Crippen molar-refractivity contribution in [3.05, 3.63) is 160 Å². The number of aromatic nitrogens is 1. The fraction of sp³-hybridized carbons (Fsp3) is 0.234. The van der Waals surface area contributed by atoms with E-state index < -0.39 is 13.3 Å². The van der Waals surface area contributed by atoms with E-state index in [0.29, 0.717) is 5.92 Å². The summed E-state index contributed by atoms with van der Waals surface area (Å²) in [5.41, 5.74) is 14.8. The van der Waals surface area contributed by atoms with Gasteiger partial charge in [0.05, 0.1) is 11.3 Å². The molecule has 3 heterocycles. The monoisotopic (exact) mass is 921 g/mol. The van der Waals surface area contributed by atoms with Crippen molar-refractivity contribution in [3.8, 4) is 11.3 Å². The fourth-order valence-electron chi connectivity index (χ4n) is 7.68. The van der Waals surface area contributed by atoms with Gasteiger partial charge in [-0.2, -0.15) is 0 Å². The zero-order chi connectivity index (χ0) is 35.9. The predicted octanol–water partition coefficient (Wildman–Crippen LogP) is 11.9. The quantitative estimate of drug-likeness (QED) is 0.123. The van der Waals surface area contributed by atoms with Gasteiger partial charge in [-0.15, -0.1) is 18.2 Å². The summed E-state index contributed by atoms with van der Waals surface area (Å²) in [7, 11) is 0. The van der Waals surface area contributed by atoms with Gasteiger partial charge in [0.2, 0.25) is 0 Å². The minimum Gasteiger partial charge on any atom is -0.501 e. The molecule has 0 saturated carbocycles. The van der Waals surface area contributed by atoms with Gasteiger partial charge in [-0.25, -0.2) is 0 Å². The van der Waals surface area contributed by atoms with Gasteiger partial charge in [-0.3, -0.25) is 4.99 Å². The van der Waals surface area contributed by atoms with Gasteiger partial charge in [0.1, 0.15) is 5.58 Å². The third-order valence-corrected chi connectivity index (χ3v) is 14.1. The van der Waals surface area contributed by atoms with Crippen LogP contribution in [0.3, 0.4) is 0 Å². The maximum absolute atomic E-state index is 6.35. The summed E-state index contributed by atoms with van der Waals surface area (Å²) < 4.78 is 7.89. The standard InChI is InChI=1S/C29H22NO.C18H24GeN.Ir/c1-17-15-18(2)26(19(3)16-17)27-22-10-4-6-13-24(22)30-28(27)23-12-8-11-21-20-9-5-7-14-25(20)31-29(21)23;1-14(2)11-16-12-18(15-9-7-6-8-10-15)20-13-17(16)19(3,4)5;/h4-11,13-16,27H,1-3H3;6-9,12-14H,11H2,1-5H3;/q2*-1;. The van der Waals surface area contributed by atoms with Crippen molar-refractivity contribution < 1.29 is 24.5 Å². The van der Waals surface area contributed by atoms with Crippen LogP contribution in [0, 0.1) is 38.8 Å². The average Bonchev–Trinajstić information content (AvgIpc) is 3.67. The Bertz CT molecular complexity index is 2380. The second-order valence-electron chi connectivity index (χ2n) is 15.3. The van der Waals surface area contributed by atoms with E-state index in [-0.39, 0.29) is 26.0 Å². The molecule has 1 atom stereocenters. The molecule has 1 radical (unpaired) electrons. The molecule has 8 rings (SSSR count). The molecular weight excluding hydrogens is 873 g/mol. The third-order valence-electron chi connectivity index (χ3n) is 9.79. The van der Waals surface area contributed by atoms with Gasteiger partial charge in [-0.1, -0.05) is 65.0 Å². The zero-order valence-corrected chi connectivity index (χ0v) is 35.9. The molecule has 0 spiro atoms. The molecule has 0 saturated heterocycles. The SMILES string of the molecule is CC(C)Cc1cc(-c2[c-]cccc2)nc[c]1[Ge]([CH3])([CH3])[CH3].Cc1cc(C)c(C2C(c3[c-]ccc4c3oc3ccccc34)=Nc3ccccc32)c(C)c1.[Ir]. The molecule has 0 amide bonds. The summed E-state index contributed by atoms with van der Waals surface area (Å²) in [4.78, 5) is 9.83. The Kier molecular flexibility index (Phi) is 11.2. The molecule has 3 nitrogen and oxygen atoms in total. The topological polar surface area (TPSA) is 38.4 Å². The van der Waals surface area contributed by atoms with Gasteiger partial charge >= 0.3 is 126 Å². The van der Waals surface area contributed by atoms with E-state index in [0.717, 1.165) is 56.6 Å². The zero-order valence-electron chi connectivity index (χ0n) is 31.4. The number of hydrogen-bond donors (Lipinski definition) is 0. The van der Waals surface area contributed by atoms with Crippen LogP contribution in [0.5, 0.6) is 0 Å². The van der Waals surface area contributed by atoms with Crippen molar-refractivity contribution in [2.75, 3.05) is 0 Å². The van der Waals surface area contributed by atoms with Crippen molar-refractivity contribution in [1.82, 2.24) is 4.98 Å². The summed E-state index contributed by atoms with van der Waals surface area (Å²) >= 11 is -1.86. The molecule has 0 N–H and O–H groups in total. The first kappa shape index (κ1) is 37.7. The number of rotatable bonds is 6. The second kappa shape index (κ2) is 15.5. The molecule has 0 aliphatic carbocycles. The van der Waals surface area contributed by atoms with Gasteiger partial charge in [0.15, 0.2) is 0 Å². The van der Waals surface area contributed by atoms with Crippen LogP contribution in [0.2, 0.25) is 17.3 Å². The van der Waals surface area contributed by atoms with E-state index in [1.54, 1.807) is 4.40 Å². The van der Waals surface area contributed by atoms with Crippen LogP contribution in [-0.2, 0) is 26.5 Å². The molecule has 5 aromatic carbocycles. The van der Waals surface area contributed by atoms with Crippen molar-refractivity contribution in [3.63, 3.8) is 0 Å². The number of aryl methyl sites for hydroxylation is 3. The number of para-hydroxylation sites is 2. The van der Waals surface area contributed by atoms with E-state index >= 15 is 0 Å². The molecular formula is C47H46GeIrN2O-2. The van der Waals surface area contributed by atoms with Crippen molar-refractivity contribution >= 4 is 51.0 Å². The van der Waals surface area contributed by atoms with Crippen LogP contribution in [0.1, 0.15) is 58.7 Å². The number of benzene rings is 5. The van der Waals surface area contributed by atoms with Crippen molar-refractivity contribution in [2.45, 2.75) is 64.2 Å². The van der Waals surface area contributed by atoms with E-state index in [2.05, 4.69) is 137 Å². The maximum atomic E-state index is 6.35. The number of furan rings is 1. The fourth-order valence-corrected chi connectivity index (χ4v) is 11.0. The first-order valence-electron chi connectivity index (χ1n) is 18.0. The summed E-state index contributed by atoms with van der Waals surface area (Å²) in [5.74, 6) is 8.06. The Morgan fingerprint density at radius 2 is 1.50 bits per heavy atom. The molecule has 7 aromatic rings. The first-order chi connectivity index (χ1) is 24.5. The smallest absolute Gasteiger partial charge is 0.120 e. The Balaban J connectivity index is 0.000000193. The van der Waals surface area contributed by atoms with Crippen molar-refractivity contribution in [1.29, 1.82) is 0 Å². The molecule has 265 valence electrons. The Hall–Kier alpha value is -4.09. The average molecular weight is 920 g/mol. The molecule has 52 heavy (non-hydrogen) atoms. The molecule has 1 aliphatic rings. The van der Waals surface area contributed by atoms with Gasteiger partial charge < -0.3 is 4.42 Å². The van der Waals surface area contributed by atoms with E-state index in [9.17, 15) is 0 Å². The molecule has 0 fully saturated rings. The molecule has 2 aromatic heterocycles. The van der Waals surface area contributed by atoms with Crippen LogP contribution in [0.15, 0.2) is 119 Å². The summed E-state index contributed by atoms with van der Waals surface area (Å²) in [5, 5.41) is 2.24. The molecule has 1 unspecified atom stereocenters. The number of aliphatic imine (C=N–C) groups is 1. The van der Waals surface area contributed by atoms with E-state index in [4.69, 9.17) is 14.4 Å². The second-order valence-corrected chi connectivity index (χ2v) is 25.9. The largest absolute Gasteiger partial charge is 0.501 e. The van der Waals surface area contributed by atoms with Crippen LogP contribution in [0.25, 0.3) is 33.2 Å².